The summed E-state index contributed by atoms with van der Waals surface area (Å²) in [6, 6.07) is 13.7. The lowest BCUT2D eigenvalue weighted by atomic mass is 9.70. The van der Waals surface area contributed by atoms with Gasteiger partial charge in [0, 0.05) is 31.6 Å². The molecular weight excluding hydrogens is 514 g/mol. The van der Waals surface area contributed by atoms with Gasteiger partial charge in [0.15, 0.2) is 0 Å². The van der Waals surface area contributed by atoms with Crippen molar-refractivity contribution in [2.75, 3.05) is 40.7 Å². The van der Waals surface area contributed by atoms with E-state index in [1.54, 1.807) is 12.1 Å². The Hall–Kier alpha value is -1.38. The maximum atomic E-state index is 13.3. The lowest BCUT2D eigenvalue weighted by molar-refractivity contribution is 0.0809. The second kappa shape index (κ2) is 7.84. The number of fused-ring (bicyclic) bond motifs is 3. The van der Waals surface area contributed by atoms with E-state index < -0.39 is 0 Å². The summed E-state index contributed by atoms with van der Waals surface area (Å²) in [6.07, 6.45) is 3.19. The van der Waals surface area contributed by atoms with Crippen LogP contribution in [0.25, 0.3) is 0 Å². The number of para-hydroxylation sites is 1. The van der Waals surface area contributed by atoms with Crippen molar-refractivity contribution in [1.82, 2.24) is 4.90 Å². The number of piperidine rings is 1. The number of halogens is 2. The lowest BCUT2D eigenvalue weighted by Crippen LogP contribution is -2.71. The van der Waals surface area contributed by atoms with Gasteiger partial charge in [-0.25, -0.2) is 4.39 Å². The molecule has 0 aliphatic carbocycles. The van der Waals surface area contributed by atoms with Crippen molar-refractivity contribution in [3.8, 4) is 0 Å². The fraction of sp³-hybridized carbons (Fsp3) is 0.538. The first-order valence-electron chi connectivity index (χ1n) is 11.8. The molecule has 3 aliphatic rings. The molecule has 0 bridgehead atoms. The molecule has 2 N–H and O–H groups in total. The highest BCUT2D eigenvalue weighted by Crippen LogP contribution is 2.57. The van der Waals surface area contributed by atoms with Crippen molar-refractivity contribution in [3.63, 3.8) is 0 Å². The topological polar surface area (TPSA) is 35.7 Å². The van der Waals surface area contributed by atoms with Gasteiger partial charge in [-0.3, -0.25) is 0 Å². The van der Waals surface area contributed by atoms with Crippen molar-refractivity contribution in [1.29, 1.82) is 0 Å². The zero-order chi connectivity index (χ0) is 22.7. The summed E-state index contributed by atoms with van der Waals surface area (Å²) in [5, 5.41) is 0. The van der Waals surface area contributed by atoms with Crippen molar-refractivity contribution >= 4 is 34.2 Å². The third kappa shape index (κ3) is 3.36. The summed E-state index contributed by atoms with van der Waals surface area (Å²) in [7, 11) is 0. The van der Waals surface area contributed by atoms with E-state index in [1.807, 2.05) is 12.1 Å². The van der Waals surface area contributed by atoms with Crippen LogP contribution in [0.1, 0.15) is 51.2 Å². The monoisotopic (exact) mass is 548 g/mol. The molecule has 172 valence electrons. The zero-order valence-electron chi connectivity index (χ0n) is 19.4. The van der Waals surface area contributed by atoms with E-state index in [1.165, 1.54) is 22.5 Å². The summed E-state index contributed by atoms with van der Waals surface area (Å²) in [5.41, 5.74) is 12.2. The molecule has 0 aromatic heterocycles. The normalized spacial score (nSPS) is 27.4. The van der Waals surface area contributed by atoms with E-state index in [9.17, 15) is 4.39 Å². The van der Waals surface area contributed by atoms with Gasteiger partial charge in [0.25, 0.3) is 0 Å². The average molecular weight is 548 g/mol. The van der Waals surface area contributed by atoms with Crippen LogP contribution in [-0.2, 0) is 10.8 Å². The fourth-order valence-electron chi connectivity index (χ4n) is 6.27. The van der Waals surface area contributed by atoms with Crippen LogP contribution in [0, 0.1) is 5.82 Å². The van der Waals surface area contributed by atoms with Crippen molar-refractivity contribution < 1.29 is 4.39 Å². The molecule has 3 aliphatic heterocycles. The Morgan fingerprint density at radius 2 is 1.84 bits per heavy atom. The van der Waals surface area contributed by atoms with Crippen LogP contribution in [0.3, 0.4) is 0 Å². The van der Waals surface area contributed by atoms with Gasteiger partial charge in [-0.1, -0.05) is 45.0 Å². The van der Waals surface area contributed by atoms with Gasteiger partial charge in [-0.2, -0.15) is 0 Å². The molecule has 4 nitrogen and oxygen atoms in total. The Kier molecular flexibility index (Phi) is 5.49. The van der Waals surface area contributed by atoms with Crippen LogP contribution in [0.5, 0.6) is 0 Å². The average Bonchev–Trinajstić information content (AvgIpc) is 2.96. The second-order valence-electron chi connectivity index (χ2n) is 10.7. The summed E-state index contributed by atoms with van der Waals surface area (Å²) in [6.45, 7) is 12.0. The standard InChI is InChI=1S/C26H34FIN4/c1-24(2,19-8-10-20(27)11-9-19)12-5-14-30-15-13-26(29)25(3,18-30)21-6-4-7-22-23(21)31(26)16-17-32(22)28/h4,6-11H,5,12-18,29H2,1-3H3/t25-,26-/m0/s1. The fourth-order valence-corrected chi connectivity index (χ4v) is 6.88. The summed E-state index contributed by atoms with van der Waals surface area (Å²) in [4.78, 5) is 5.13. The Morgan fingerprint density at radius 1 is 1.09 bits per heavy atom. The number of rotatable bonds is 5. The molecule has 0 radical (unpaired) electrons. The van der Waals surface area contributed by atoms with Gasteiger partial charge in [-0.15, -0.1) is 0 Å². The largest absolute Gasteiger partial charge is 0.349 e. The van der Waals surface area contributed by atoms with E-state index >= 15 is 0 Å². The molecule has 0 saturated carbocycles. The number of hydrogen-bond acceptors (Lipinski definition) is 4. The van der Waals surface area contributed by atoms with Crippen LogP contribution in [0.4, 0.5) is 15.8 Å². The summed E-state index contributed by atoms with van der Waals surface area (Å²) < 4.78 is 15.7. The van der Waals surface area contributed by atoms with Gasteiger partial charge in [0.2, 0.25) is 0 Å². The number of benzene rings is 2. The highest BCUT2D eigenvalue weighted by atomic mass is 127. The summed E-state index contributed by atoms with van der Waals surface area (Å²) >= 11 is 2.44. The number of nitrogens with zero attached hydrogens (tertiary/aromatic N) is 3. The number of hydrogen-bond donors (Lipinski definition) is 1. The zero-order valence-corrected chi connectivity index (χ0v) is 21.5. The quantitative estimate of drug-likeness (QED) is 0.412. The molecule has 0 spiro atoms. The first-order chi connectivity index (χ1) is 15.2. The third-order valence-corrected chi connectivity index (χ3v) is 9.35. The van der Waals surface area contributed by atoms with Crippen molar-refractivity contribution in [2.45, 2.75) is 56.5 Å². The van der Waals surface area contributed by atoms with Gasteiger partial charge >= 0.3 is 0 Å². The predicted octanol–water partition coefficient (Wildman–Crippen LogP) is 5.19. The van der Waals surface area contributed by atoms with Gasteiger partial charge in [0.05, 0.1) is 34.2 Å². The van der Waals surface area contributed by atoms with Crippen LogP contribution in [-0.4, -0.2) is 43.3 Å². The molecule has 2 aromatic rings. The van der Waals surface area contributed by atoms with Crippen LogP contribution < -0.4 is 13.7 Å². The minimum atomic E-state index is -0.312. The van der Waals surface area contributed by atoms with E-state index in [0.717, 1.165) is 52.0 Å². The van der Waals surface area contributed by atoms with Gasteiger partial charge in [0.1, 0.15) is 11.5 Å². The third-order valence-electron chi connectivity index (χ3n) is 8.35. The molecule has 2 aromatic carbocycles. The SMILES string of the molecule is CC(C)(CCCN1CC[C@]2(N)N3CCN(I)c4cccc(c43)[C@]2(C)C1)c1ccc(F)cc1. The van der Waals surface area contributed by atoms with Crippen molar-refractivity contribution in [3.05, 3.63) is 59.4 Å². The molecule has 2 atom stereocenters. The van der Waals surface area contributed by atoms with E-state index in [0.29, 0.717) is 0 Å². The van der Waals surface area contributed by atoms with Gasteiger partial charge in [-0.05, 0) is 60.5 Å². The molecule has 1 fully saturated rings. The number of anilines is 2. The molecule has 0 unspecified atom stereocenters. The molecular formula is C26H34FIN4. The number of nitrogens with two attached hydrogens (primary N) is 1. The Bertz CT molecular complexity index is 1010. The van der Waals surface area contributed by atoms with Gasteiger partial charge < -0.3 is 18.6 Å². The molecule has 0 amide bonds. The van der Waals surface area contributed by atoms with E-state index in [2.05, 4.69) is 74.7 Å². The minimum Gasteiger partial charge on any atom is -0.349 e. The molecule has 32 heavy (non-hydrogen) atoms. The van der Waals surface area contributed by atoms with E-state index in [-0.39, 0.29) is 22.3 Å². The number of likely N-dealkylation sites (tertiary alicyclic amines) is 1. The Balaban J connectivity index is 1.31. The maximum absolute atomic E-state index is 13.3. The molecule has 6 heteroatoms. The smallest absolute Gasteiger partial charge is 0.123 e. The second-order valence-corrected chi connectivity index (χ2v) is 11.9. The minimum absolute atomic E-state index is 0.0408. The highest BCUT2D eigenvalue weighted by Gasteiger charge is 2.60. The first kappa shape index (κ1) is 22.4. The maximum Gasteiger partial charge on any atom is 0.123 e. The van der Waals surface area contributed by atoms with Crippen LogP contribution in [0.15, 0.2) is 42.5 Å². The summed E-state index contributed by atoms with van der Waals surface area (Å²) in [5.74, 6) is -0.167. The lowest BCUT2D eigenvalue weighted by Gasteiger charge is -2.53. The highest BCUT2D eigenvalue weighted by molar-refractivity contribution is 14.1. The molecule has 3 heterocycles. The molecule has 1 saturated heterocycles. The van der Waals surface area contributed by atoms with E-state index in [4.69, 9.17) is 5.73 Å². The predicted molar refractivity (Wildman–Crippen MR) is 139 cm³/mol. The van der Waals surface area contributed by atoms with Crippen molar-refractivity contribution in [2.24, 2.45) is 5.73 Å². The molecule has 5 rings (SSSR count). The van der Waals surface area contributed by atoms with Crippen LogP contribution >= 0.6 is 22.9 Å². The first-order valence-corrected chi connectivity index (χ1v) is 12.7. The Morgan fingerprint density at radius 3 is 2.59 bits per heavy atom. The van der Waals surface area contributed by atoms with Crippen LogP contribution in [0.2, 0.25) is 0 Å². The Labute approximate surface area is 205 Å².